The zero-order chi connectivity index (χ0) is 18.3. The molecule has 2 amide bonds. The maximum Gasteiger partial charge on any atom is 0.416 e. The number of halogens is 3. The third kappa shape index (κ3) is 5.84. The molecule has 0 bridgehead atoms. The molecule has 0 saturated carbocycles. The van der Waals surface area contributed by atoms with Crippen molar-refractivity contribution in [3.63, 3.8) is 0 Å². The van der Waals surface area contributed by atoms with Gasteiger partial charge in [-0.15, -0.1) is 0 Å². The number of likely N-dealkylation sites (N-methyl/N-ethyl adjacent to an activating group) is 2. The number of rotatable bonds is 7. The smallest absolute Gasteiger partial charge is 0.351 e. The van der Waals surface area contributed by atoms with Gasteiger partial charge in [-0.25, -0.2) is 0 Å². The van der Waals surface area contributed by atoms with Gasteiger partial charge in [0.05, 0.1) is 12.1 Å². The van der Waals surface area contributed by atoms with Gasteiger partial charge >= 0.3 is 6.18 Å². The van der Waals surface area contributed by atoms with Gasteiger partial charge in [0, 0.05) is 12.2 Å². The van der Waals surface area contributed by atoms with Crippen LogP contribution in [0.5, 0.6) is 0 Å². The van der Waals surface area contributed by atoms with Crippen molar-refractivity contribution in [3.8, 4) is 0 Å². The molecular weight excluding hydrogens is 323 g/mol. The fourth-order valence-corrected chi connectivity index (χ4v) is 2.23. The van der Waals surface area contributed by atoms with Crippen molar-refractivity contribution >= 4 is 17.5 Å². The number of hydrogen-bond donors (Lipinski definition) is 3. The van der Waals surface area contributed by atoms with E-state index < -0.39 is 17.8 Å². The summed E-state index contributed by atoms with van der Waals surface area (Å²) in [5, 5.41) is 5.26. The van der Waals surface area contributed by atoms with Crippen LogP contribution in [0.4, 0.5) is 18.9 Å². The molecule has 1 unspecified atom stereocenters. The number of benzene rings is 1. The van der Waals surface area contributed by atoms with Crippen LogP contribution in [0, 0.1) is 0 Å². The summed E-state index contributed by atoms with van der Waals surface area (Å²) in [5.41, 5.74) is -0.487. The van der Waals surface area contributed by atoms with Gasteiger partial charge in [-0.3, -0.25) is 9.59 Å². The van der Waals surface area contributed by atoms with Crippen LogP contribution in [0.25, 0.3) is 0 Å². The number of alkyl halides is 3. The summed E-state index contributed by atoms with van der Waals surface area (Å²) < 4.78 is 37.6. The first-order chi connectivity index (χ1) is 11.2. The fraction of sp³-hybridized carbons (Fsp3) is 0.500. The standard InChI is InChI=1S/C16H22F3N3O2/c1-4-20-14(23)10-22(5-2)11(3)15(24)21-13-8-6-12(7-9-13)16(17,18)19/h6-9,11H,4-5,10H2,1-3H3,(H,20,23)(H,21,24)/p+1/t11-/m1/s1. The van der Waals surface area contributed by atoms with Crippen molar-refractivity contribution in [2.24, 2.45) is 0 Å². The molecule has 3 N–H and O–H groups in total. The van der Waals surface area contributed by atoms with Crippen molar-refractivity contribution in [1.82, 2.24) is 5.32 Å². The van der Waals surface area contributed by atoms with Crippen molar-refractivity contribution in [1.29, 1.82) is 0 Å². The second kappa shape index (κ2) is 8.68. The Morgan fingerprint density at radius 3 is 2.21 bits per heavy atom. The molecule has 0 heterocycles. The minimum absolute atomic E-state index is 0.150. The van der Waals surface area contributed by atoms with Crippen LogP contribution in [-0.2, 0) is 15.8 Å². The Labute approximate surface area is 139 Å². The molecular formula is C16H23F3N3O2+. The molecule has 24 heavy (non-hydrogen) atoms. The number of nitrogens with one attached hydrogen (secondary N) is 3. The molecule has 2 atom stereocenters. The van der Waals surface area contributed by atoms with Crippen LogP contribution in [0.2, 0.25) is 0 Å². The summed E-state index contributed by atoms with van der Waals surface area (Å²) >= 11 is 0. The monoisotopic (exact) mass is 346 g/mol. The molecule has 0 spiro atoms. The van der Waals surface area contributed by atoms with Crippen LogP contribution in [0.3, 0.4) is 0 Å². The lowest BCUT2D eigenvalue weighted by atomic mass is 10.2. The average molecular weight is 346 g/mol. The number of carbonyl (C=O) groups is 2. The molecule has 1 aromatic carbocycles. The van der Waals surface area contributed by atoms with Gasteiger partial charge in [0.1, 0.15) is 0 Å². The summed E-state index contributed by atoms with van der Waals surface area (Å²) in [6.07, 6.45) is -4.41. The third-order valence-electron chi connectivity index (χ3n) is 3.70. The molecule has 8 heteroatoms. The van der Waals surface area contributed by atoms with Gasteiger partial charge in [0.15, 0.2) is 12.6 Å². The maximum absolute atomic E-state index is 12.5. The predicted octanol–water partition coefficient (Wildman–Crippen LogP) is 1.07. The van der Waals surface area contributed by atoms with E-state index >= 15 is 0 Å². The highest BCUT2D eigenvalue weighted by atomic mass is 19.4. The quantitative estimate of drug-likeness (QED) is 0.692. The first-order valence-corrected chi connectivity index (χ1v) is 7.78. The highest BCUT2D eigenvalue weighted by molar-refractivity contribution is 5.93. The Balaban J connectivity index is 2.69. The topological polar surface area (TPSA) is 62.6 Å². The number of carbonyl (C=O) groups excluding carboxylic acids is 2. The Bertz CT molecular complexity index is 559. The summed E-state index contributed by atoms with van der Waals surface area (Å²) in [7, 11) is 0. The van der Waals surface area contributed by atoms with E-state index in [4.69, 9.17) is 0 Å². The first kappa shape index (κ1) is 20.0. The molecule has 0 saturated heterocycles. The second-order valence-corrected chi connectivity index (χ2v) is 5.43. The van der Waals surface area contributed by atoms with Gasteiger partial charge in [-0.05, 0) is 45.0 Å². The summed E-state index contributed by atoms with van der Waals surface area (Å²) in [6, 6.07) is 3.74. The van der Waals surface area contributed by atoms with Crippen LogP contribution >= 0.6 is 0 Å². The van der Waals surface area contributed by atoms with Crippen LogP contribution < -0.4 is 15.5 Å². The molecule has 0 aromatic heterocycles. The molecule has 0 aliphatic heterocycles. The Morgan fingerprint density at radius 1 is 1.17 bits per heavy atom. The van der Waals surface area contributed by atoms with E-state index in [0.29, 0.717) is 13.1 Å². The highest BCUT2D eigenvalue weighted by Gasteiger charge is 2.30. The second-order valence-electron chi connectivity index (χ2n) is 5.43. The van der Waals surface area contributed by atoms with Gasteiger partial charge in [0.2, 0.25) is 0 Å². The highest BCUT2D eigenvalue weighted by Crippen LogP contribution is 2.29. The maximum atomic E-state index is 12.5. The van der Waals surface area contributed by atoms with Crippen molar-refractivity contribution in [3.05, 3.63) is 29.8 Å². The van der Waals surface area contributed by atoms with Gasteiger partial charge in [0.25, 0.3) is 11.8 Å². The minimum Gasteiger partial charge on any atom is -0.351 e. The van der Waals surface area contributed by atoms with E-state index in [0.717, 1.165) is 17.0 Å². The largest absolute Gasteiger partial charge is 0.416 e. The first-order valence-electron chi connectivity index (χ1n) is 7.78. The molecule has 1 aromatic rings. The molecule has 0 fully saturated rings. The average Bonchev–Trinajstić information content (AvgIpc) is 2.51. The predicted molar refractivity (Wildman–Crippen MR) is 84.6 cm³/mol. The lowest BCUT2D eigenvalue weighted by molar-refractivity contribution is -0.904. The van der Waals surface area contributed by atoms with E-state index in [1.807, 2.05) is 13.8 Å². The number of quaternary nitrogens is 1. The lowest BCUT2D eigenvalue weighted by Crippen LogP contribution is -3.17. The van der Waals surface area contributed by atoms with Crippen molar-refractivity contribution < 1.29 is 27.7 Å². The molecule has 134 valence electrons. The van der Waals surface area contributed by atoms with E-state index in [-0.39, 0.29) is 24.0 Å². The van der Waals surface area contributed by atoms with Crippen molar-refractivity contribution in [2.45, 2.75) is 33.0 Å². The number of amides is 2. The zero-order valence-electron chi connectivity index (χ0n) is 14.0. The third-order valence-corrected chi connectivity index (χ3v) is 3.70. The van der Waals surface area contributed by atoms with Gasteiger partial charge < -0.3 is 15.5 Å². The van der Waals surface area contributed by atoms with Gasteiger partial charge in [-0.2, -0.15) is 13.2 Å². The van der Waals surface area contributed by atoms with E-state index in [1.165, 1.54) is 12.1 Å². The Hall–Kier alpha value is -2.09. The molecule has 1 rings (SSSR count). The SMILES string of the molecule is CCNC(=O)C[NH+](CC)[C@H](C)C(=O)Nc1ccc(C(F)(F)F)cc1. The molecule has 0 aliphatic rings. The summed E-state index contributed by atoms with van der Waals surface area (Å²) in [6.45, 7) is 6.59. The van der Waals surface area contributed by atoms with Crippen molar-refractivity contribution in [2.75, 3.05) is 25.0 Å². The summed E-state index contributed by atoms with van der Waals surface area (Å²) in [4.78, 5) is 24.7. The lowest BCUT2D eigenvalue weighted by Gasteiger charge is -2.23. The Kier molecular flexibility index (Phi) is 7.21. The normalized spacial score (nSPS) is 13.9. The van der Waals surface area contributed by atoms with Gasteiger partial charge in [-0.1, -0.05) is 0 Å². The minimum atomic E-state index is -4.41. The molecule has 0 aliphatic carbocycles. The number of hydrogen-bond acceptors (Lipinski definition) is 2. The fourth-order valence-electron chi connectivity index (χ4n) is 2.23. The Morgan fingerprint density at radius 2 is 1.75 bits per heavy atom. The zero-order valence-corrected chi connectivity index (χ0v) is 14.0. The van der Waals surface area contributed by atoms with E-state index in [2.05, 4.69) is 10.6 Å². The number of anilines is 1. The summed E-state index contributed by atoms with van der Waals surface area (Å²) in [5.74, 6) is -0.501. The van der Waals surface area contributed by atoms with E-state index in [1.54, 1.807) is 6.92 Å². The van der Waals surface area contributed by atoms with E-state index in [9.17, 15) is 22.8 Å². The molecule has 0 radical (unpaired) electrons. The van der Waals surface area contributed by atoms with Crippen LogP contribution in [0.15, 0.2) is 24.3 Å². The van der Waals surface area contributed by atoms with Crippen LogP contribution in [-0.4, -0.2) is 37.5 Å². The molecule has 5 nitrogen and oxygen atoms in total. The van der Waals surface area contributed by atoms with Crippen LogP contribution in [0.1, 0.15) is 26.3 Å².